The summed E-state index contributed by atoms with van der Waals surface area (Å²) in [4.78, 5) is 8.42. The molecule has 2 N–H and O–H groups in total. The quantitative estimate of drug-likeness (QED) is 0.405. The molecule has 0 aliphatic rings. The molecular weight excluding hydrogens is 450 g/mol. The normalized spacial score (nSPS) is 11.6. The molecule has 0 fully saturated rings. The van der Waals surface area contributed by atoms with Crippen molar-refractivity contribution in [1.82, 2.24) is 19.7 Å². The molecule has 4 rings (SSSR count). The van der Waals surface area contributed by atoms with Crippen molar-refractivity contribution >= 4 is 29.0 Å². The van der Waals surface area contributed by atoms with Crippen LogP contribution in [0, 0.1) is 0 Å². The van der Waals surface area contributed by atoms with Crippen LogP contribution in [0.15, 0.2) is 61.2 Å². The van der Waals surface area contributed by atoms with Crippen LogP contribution in [0.2, 0.25) is 10.0 Å². The third-order valence-electron chi connectivity index (χ3n) is 4.62. The molecule has 0 unspecified atom stereocenters. The molecule has 31 heavy (non-hydrogen) atoms. The molecule has 0 aliphatic carbocycles. The van der Waals surface area contributed by atoms with Gasteiger partial charge in [0.25, 0.3) is 0 Å². The maximum absolute atomic E-state index is 12.7. The van der Waals surface area contributed by atoms with Crippen LogP contribution in [-0.4, -0.2) is 19.7 Å². The van der Waals surface area contributed by atoms with Crippen LogP contribution >= 0.6 is 23.2 Å². The summed E-state index contributed by atoms with van der Waals surface area (Å²) in [5.74, 6) is 0.263. The van der Waals surface area contributed by atoms with Crippen molar-refractivity contribution in [3.05, 3.63) is 82.4 Å². The van der Waals surface area contributed by atoms with Crippen molar-refractivity contribution in [2.75, 3.05) is 5.73 Å². The average molecular weight is 464 g/mol. The molecule has 2 heterocycles. The summed E-state index contributed by atoms with van der Waals surface area (Å²) in [5.41, 5.74) is 8.58. The second-order valence-corrected chi connectivity index (χ2v) is 7.55. The van der Waals surface area contributed by atoms with Crippen molar-refractivity contribution in [3.8, 4) is 22.4 Å². The summed E-state index contributed by atoms with van der Waals surface area (Å²) in [6.45, 7) is 0.292. The van der Waals surface area contributed by atoms with Crippen LogP contribution < -0.4 is 5.73 Å². The van der Waals surface area contributed by atoms with Gasteiger partial charge in [0.1, 0.15) is 12.1 Å². The first kappa shape index (κ1) is 21.1. The van der Waals surface area contributed by atoms with Gasteiger partial charge in [-0.05, 0) is 35.4 Å². The minimum absolute atomic E-state index is 0.263. The van der Waals surface area contributed by atoms with Crippen molar-refractivity contribution in [2.45, 2.75) is 12.7 Å². The van der Waals surface area contributed by atoms with E-state index in [2.05, 4.69) is 15.1 Å². The number of rotatable bonds is 4. The Hall–Kier alpha value is -3.10. The van der Waals surface area contributed by atoms with Gasteiger partial charge < -0.3 is 5.73 Å². The molecule has 0 amide bonds. The number of nitrogens with zero attached hydrogens (tertiary/aromatic N) is 4. The molecule has 158 valence electrons. The highest BCUT2D eigenvalue weighted by atomic mass is 35.5. The number of nitrogen functional groups attached to an aromatic ring is 1. The predicted octanol–water partition coefficient (Wildman–Crippen LogP) is 5.96. The van der Waals surface area contributed by atoms with Gasteiger partial charge in [-0.3, -0.25) is 4.68 Å². The Morgan fingerprint density at radius 3 is 2.35 bits per heavy atom. The fourth-order valence-electron chi connectivity index (χ4n) is 3.11. The Kier molecular flexibility index (Phi) is 5.60. The zero-order valence-corrected chi connectivity index (χ0v) is 17.2. The molecule has 0 saturated carbocycles. The molecule has 0 spiro atoms. The molecule has 2 aromatic carbocycles. The summed E-state index contributed by atoms with van der Waals surface area (Å²) in [7, 11) is 0. The minimum atomic E-state index is -4.37. The topological polar surface area (TPSA) is 69.6 Å². The summed E-state index contributed by atoms with van der Waals surface area (Å²) in [6, 6.07) is 10.0. The Labute approximate surface area is 185 Å². The van der Waals surface area contributed by atoms with Crippen LogP contribution in [0.5, 0.6) is 0 Å². The fourth-order valence-corrected chi connectivity index (χ4v) is 3.41. The van der Waals surface area contributed by atoms with E-state index in [0.29, 0.717) is 44.5 Å². The number of benzene rings is 2. The van der Waals surface area contributed by atoms with E-state index in [1.165, 1.54) is 18.5 Å². The zero-order valence-electron chi connectivity index (χ0n) is 15.7. The number of nitrogens with two attached hydrogens (primary N) is 1. The van der Waals surface area contributed by atoms with Crippen LogP contribution in [0.4, 0.5) is 19.0 Å². The Bertz CT molecular complexity index is 1240. The SMILES string of the molecule is Nc1ncnc(-c2cnn(Cc3ccc(C(F)(F)F)cc3)c2)c1-c1ccc(Cl)c(Cl)c1. The van der Waals surface area contributed by atoms with E-state index in [0.717, 1.165) is 12.1 Å². The summed E-state index contributed by atoms with van der Waals surface area (Å²) >= 11 is 12.2. The number of hydrogen-bond donors (Lipinski definition) is 1. The number of anilines is 1. The highest BCUT2D eigenvalue weighted by molar-refractivity contribution is 6.42. The van der Waals surface area contributed by atoms with Crippen molar-refractivity contribution in [2.24, 2.45) is 0 Å². The molecule has 2 aromatic heterocycles. The lowest BCUT2D eigenvalue weighted by atomic mass is 10.0. The maximum Gasteiger partial charge on any atom is 0.416 e. The van der Waals surface area contributed by atoms with E-state index >= 15 is 0 Å². The van der Waals surface area contributed by atoms with E-state index < -0.39 is 11.7 Å². The van der Waals surface area contributed by atoms with E-state index in [4.69, 9.17) is 28.9 Å². The van der Waals surface area contributed by atoms with Crippen LogP contribution in [0.25, 0.3) is 22.4 Å². The van der Waals surface area contributed by atoms with Gasteiger partial charge in [0.15, 0.2) is 0 Å². The number of hydrogen-bond acceptors (Lipinski definition) is 4. The van der Waals surface area contributed by atoms with Gasteiger partial charge in [-0.1, -0.05) is 41.4 Å². The van der Waals surface area contributed by atoms with Gasteiger partial charge in [0, 0.05) is 11.8 Å². The maximum atomic E-state index is 12.7. The predicted molar refractivity (Wildman–Crippen MR) is 114 cm³/mol. The smallest absolute Gasteiger partial charge is 0.383 e. The van der Waals surface area contributed by atoms with Gasteiger partial charge >= 0.3 is 6.18 Å². The number of halogens is 5. The standard InChI is InChI=1S/C21H14Cl2F3N5/c22-16-6-3-13(7-17(16)23)18-19(28-11-29-20(18)27)14-8-30-31(10-14)9-12-1-4-15(5-2-12)21(24,25)26/h1-8,10-11H,9H2,(H2,27,28,29). The van der Waals surface area contributed by atoms with Crippen molar-refractivity contribution in [1.29, 1.82) is 0 Å². The highest BCUT2D eigenvalue weighted by Gasteiger charge is 2.29. The van der Waals surface area contributed by atoms with Gasteiger partial charge in [-0.15, -0.1) is 0 Å². The first-order valence-electron chi connectivity index (χ1n) is 8.97. The third-order valence-corrected chi connectivity index (χ3v) is 5.36. The van der Waals surface area contributed by atoms with Gasteiger partial charge in [-0.25, -0.2) is 9.97 Å². The van der Waals surface area contributed by atoms with Crippen molar-refractivity contribution in [3.63, 3.8) is 0 Å². The molecule has 5 nitrogen and oxygen atoms in total. The van der Waals surface area contributed by atoms with Crippen molar-refractivity contribution < 1.29 is 13.2 Å². The Morgan fingerprint density at radius 2 is 1.68 bits per heavy atom. The lowest BCUT2D eigenvalue weighted by molar-refractivity contribution is -0.137. The Balaban J connectivity index is 1.65. The second-order valence-electron chi connectivity index (χ2n) is 6.73. The molecule has 4 aromatic rings. The molecule has 0 radical (unpaired) electrons. The van der Waals surface area contributed by atoms with Crippen LogP contribution in [0.3, 0.4) is 0 Å². The molecule has 0 atom stereocenters. The lowest BCUT2D eigenvalue weighted by Crippen LogP contribution is -2.05. The average Bonchev–Trinajstić information content (AvgIpc) is 3.18. The monoisotopic (exact) mass is 463 g/mol. The van der Waals surface area contributed by atoms with E-state index in [-0.39, 0.29) is 5.82 Å². The minimum Gasteiger partial charge on any atom is -0.383 e. The summed E-state index contributed by atoms with van der Waals surface area (Å²) in [5, 5.41) is 5.08. The zero-order chi connectivity index (χ0) is 22.2. The highest BCUT2D eigenvalue weighted by Crippen LogP contribution is 2.36. The Morgan fingerprint density at radius 1 is 0.935 bits per heavy atom. The van der Waals surface area contributed by atoms with Crippen LogP contribution in [0.1, 0.15) is 11.1 Å². The van der Waals surface area contributed by atoms with E-state index in [1.54, 1.807) is 35.3 Å². The first-order valence-corrected chi connectivity index (χ1v) is 9.73. The lowest BCUT2D eigenvalue weighted by Gasteiger charge is -2.10. The molecule has 0 bridgehead atoms. The second kappa shape index (κ2) is 8.20. The largest absolute Gasteiger partial charge is 0.416 e. The number of alkyl halides is 3. The molecular formula is C21H14Cl2F3N5. The third kappa shape index (κ3) is 4.50. The van der Waals surface area contributed by atoms with Crippen LogP contribution in [-0.2, 0) is 12.7 Å². The fraction of sp³-hybridized carbons (Fsp3) is 0.0952. The van der Waals surface area contributed by atoms with Gasteiger partial charge in [-0.2, -0.15) is 18.3 Å². The number of aromatic nitrogens is 4. The van der Waals surface area contributed by atoms with E-state index in [9.17, 15) is 13.2 Å². The summed E-state index contributed by atoms with van der Waals surface area (Å²) < 4.78 is 39.8. The molecule has 10 heteroatoms. The first-order chi connectivity index (χ1) is 14.7. The summed E-state index contributed by atoms with van der Waals surface area (Å²) in [6.07, 6.45) is 0.317. The molecule has 0 saturated heterocycles. The van der Waals surface area contributed by atoms with Gasteiger partial charge in [0.05, 0.1) is 39.6 Å². The van der Waals surface area contributed by atoms with E-state index in [1.807, 2.05) is 0 Å². The molecule has 0 aliphatic heterocycles. The van der Waals surface area contributed by atoms with Gasteiger partial charge in [0.2, 0.25) is 0 Å².